The SMILES string of the molecule is CCNc1ccc2c(c1)N(C(=O)OC(C)(C)C)CC2. The van der Waals surface area contributed by atoms with E-state index in [4.69, 9.17) is 4.74 Å². The third-order valence-electron chi connectivity index (χ3n) is 2.98. The van der Waals surface area contributed by atoms with Crippen molar-refractivity contribution in [3.8, 4) is 0 Å². The molecule has 2 rings (SSSR count). The first kappa shape index (κ1) is 13.7. The molecule has 1 N–H and O–H groups in total. The van der Waals surface area contributed by atoms with Crippen molar-refractivity contribution in [1.82, 2.24) is 0 Å². The van der Waals surface area contributed by atoms with Crippen LogP contribution in [0.2, 0.25) is 0 Å². The fourth-order valence-electron chi connectivity index (χ4n) is 2.20. The van der Waals surface area contributed by atoms with Crippen LogP contribution in [0.4, 0.5) is 16.2 Å². The molecule has 0 saturated heterocycles. The molecule has 1 heterocycles. The predicted octanol–water partition coefficient (Wildman–Crippen LogP) is 3.42. The van der Waals surface area contributed by atoms with Gasteiger partial charge < -0.3 is 10.1 Å². The number of nitrogens with zero attached hydrogens (tertiary/aromatic N) is 1. The van der Waals surface area contributed by atoms with Crippen molar-refractivity contribution in [3.63, 3.8) is 0 Å². The van der Waals surface area contributed by atoms with Gasteiger partial charge in [-0.2, -0.15) is 0 Å². The fraction of sp³-hybridized carbons (Fsp3) is 0.533. The standard InChI is InChI=1S/C15H22N2O2/c1-5-16-12-7-6-11-8-9-17(13(11)10-12)14(18)19-15(2,3)4/h6-7,10,16H,5,8-9H2,1-4H3. The van der Waals surface area contributed by atoms with E-state index in [1.54, 1.807) is 4.90 Å². The maximum atomic E-state index is 12.2. The van der Waals surface area contributed by atoms with E-state index in [1.807, 2.05) is 26.8 Å². The third-order valence-corrected chi connectivity index (χ3v) is 2.98. The highest BCUT2D eigenvalue weighted by Gasteiger charge is 2.28. The van der Waals surface area contributed by atoms with Crippen molar-refractivity contribution in [2.45, 2.75) is 39.7 Å². The molecule has 0 fully saturated rings. The van der Waals surface area contributed by atoms with Gasteiger partial charge in [0.05, 0.1) is 5.69 Å². The van der Waals surface area contributed by atoms with Gasteiger partial charge in [0.1, 0.15) is 5.60 Å². The minimum absolute atomic E-state index is 0.264. The Balaban J connectivity index is 2.20. The molecule has 0 atom stereocenters. The van der Waals surface area contributed by atoms with Crippen LogP contribution in [0.3, 0.4) is 0 Å². The van der Waals surface area contributed by atoms with E-state index in [0.29, 0.717) is 6.54 Å². The maximum absolute atomic E-state index is 12.2. The predicted molar refractivity (Wildman–Crippen MR) is 77.9 cm³/mol. The van der Waals surface area contributed by atoms with E-state index in [1.165, 1.54) is 5.56 Å². The molecule has 0 spiro atoms. The second-order valence-electron chi connectivity index (χ2n) is 5.76. The summed E-state index contributed by atoms with van der Waals surface area (Å²) in [5, 5.41) is 3.27. The molecule has 0 radical (unpaired) electrons. The Bertz CT molecular complexity index is 478. The van der Waals surface area contributed by atoms with Crippen molar-refractivity contribution in [3.05, 3.63) is 23.8 Å². The lowest BCUT2D eigenvalue weighted by atomic mass is 10.1. The van der Waals surface area contributed by atoms with Gasteiger partial charge >= 0.3 is 6.09 Å². The summed E-state index contributed by atoms with van der Waals surface area (Å²) in [6, 6.07) is 6.16. The zero-order valence-corrected chi connectivity index (χ0v) is 12.1. The van der Waals surface area contributed by atoms with Gasteiger partial charge in [0.15, 0.2) is 0 Å². The van der Waals surface area contributed by atoms with Gasteiger partial charge in [-0.25, -0.2) is 4.79 Å². The number of carbonyl (C=O) groups is 1. The largest absolute Gasteiger partial charge is 0.443 e. The lowest BCUT2D eigenvalue weighted by molar-refractivity contribution is 0.0584. The van der Waals surface area contributed by atoms with E-state index in [-0.39, 0.29) is 6.09 Å². The summed E-state index contributed by atoms with van der Waals surface area (Å²) in [6.07, 6.45) is 0.626. The van der Waals surface area contributed by atoms with Crippen LogP contribution in [-0.2, 0) is 11.2 Å². The molecule has 1 aliphatic rings. The zero-order chi connectivity index (χ0) is 14.0. The first-order valence-corrected chi connectivity index (χ1v) is 6.78. The maximum Gasteiger partial charge on any atom is 0.414 e. The molecule has 0 saturated carbocycles. The summed E-state index contributed by atoms with van der Waals surface area (Å²) in [5.41, 5.74) is 2.75. The summed E-state index contributed by atoms with van der Waals surface area (Å²) in [4.78, 5) is 13.9. The van der Waals surface area contributed by atoms with Crippen molar-refractivity contribution < 1.29 is 9.53 Å². The van der Waals surface area contributed by atoms with E-state index in [2.05, 4.69) is 24.4 Å². The number of fused-ring (bicyclic) bond motifs is 1. The second-order valence-corrected chi connectivity index (χ2v) is 5.76. The Labute approximate surface area is 114 Å². The third kappa shape index (κ3) is 3.19. The average Bonchev–Trinajstić information content (AvgIpc) is 2.70. The lowest BCUT2D eigenvalue weighted by Gasteiger charge is -2.25. The van der Waals surface area contributed by atoms with Crippen molar-refractivity contribution in [2.75, 3.05) is 23.3 Å². The molecule has 4 nitrogen and oxygen atoms in total. The van der Waals surface area contributed by atoms with E-state index >= 15 is 0 Å². The van der Waals surface area contributed by atoms with Gasteiger partial charge in [-0.05, 0) is 51.8 Å². The topological polar surface area (TPSA) is 41.6 Å². The van der Waals surface area contributed by atoms with Crippen LogP contribution in [0.5, 0.6) is 0 Å². The number of rotatable bonds is 2. The molecule has 1 amide bonds. The molecule has 0 aliphatic carbocycles. The Kier molecular flexibility index (Phi) is 3.69. The quantitative estimate of drug-likeness (QED) is 0.888. The van der Waals surface area contributed by atoms with Crippen LogP contribution in [0.25, 0.3) is 0 Å². The van der Waals surface area contributed by atoms with Crippen molar-refractivity contribution >= 4 is 17.5 Å². The Hall–Kier alpha value is -1.71. The van der Waals surface area contributed by atoms with Crippen LogP contribution in [0, 0.1) is 0 Å². The number of anilines is 2. The average molecular weight is 262 g/mol. The highest BCUT2D eigenvalue weighted by Crippen LogP contribution is 2.31. The number of carbonyl (C=O) groups excluding carboxylic acids is 1. The first-order chi connectivity index (χ1) is 8.90. The monoisotopic (exact) mass is 262 g/mol. The molecule has 1 aliphatic heterocycles. The number of hydrogen-bond donors (Lipinski definition) is 1. The van der Waals surface area contributed by atoms with Crippen LogP contribution in [0.15, 0.2) is 18.2 Å². The van der Waals surface area contributed by atoms with Crippen molar-refractivity contribution in [2.24, 2.45) is 0 Å². The van der Waals surface area contributed by atoms with Gasteiger partial charge in [-0.3, -0.25) is 4.90 Å². The minimum atomic E-state index is -0.459. The molecule has 1 aromatic rings. The molecular weight excluding hydrogens is 240 g/mol. The Morgan fingerprint density at radius 2 is 2.16 bits per heavy atom. The lowest BCUT2D eigenvalue weighted by Crippen LogP contribution is -2.35. The number of hydrogen-bond acceptors (Lipinski definition) is 3. The zero-order valence-electron chi connectivity index (χ0n) is 12.1. The summed E-state index contributed by atoms with van der Waals surface area (Å²) in [7, 11) is 0. The molecule has 19 heavy (non-hydrogen) atoms. The number of amides is 1. The summed E-state index contributed by atoms with van der Waals surface area (Å²) in [5.74, 6) is 0. The van der Waals surface area contributed by atoms with E-state index in [9.17, 15) is 4.79 Å². The first-order valence-electron chi connectivity index (χ1n) is 6.78. The molecular formula is C15H22N2O2. The van der Waals surface area contributed by atoms with Crippen LogP contribution in [0.1, 0.15) is 33.3 Å². The van der Waals surface area contributed by atoms with Crippen LogP contribution < -0.4 is 10.2 Å². The van der Waals surface area contributed by atoms with Gasteiger partial charge in [0, 0.05) is 18.8 Å². The highest BCUT2D eigenvalue weighted by molar-refractivity contribution is 5.91. The Morgan fingerprint density at radius 1 is 1.42 bits per heavy atom. The van der Waals surface area contributed by atoms with E-state index < -0.39 is 5.60 Å². The molecule has 0 unspecified atom stereocenters. The van der Waals surface area contributed by atoms with Crippen LogP contribution >= 0.6 is 0 Å². The Morgan fingerprint density at radius 3 is 2.79 bits per heavy atom. The molecule has 4 heteroatoms. The number of benzene rings is 1. The smallest absolute Gasteiger partial charge is 0.414 e. The van der Waals surface area contributed by atoms with E-state index in [0.717, 1.165) is 24.3 Å². The van der Waals surface area contributed by atoms with Gasteiger partial charge in [0.25, 0.3) is 0 Å². The van der Waals surface area contributed by atoms with Gasteiger partial charge in [-0.1, -0.05) is 6.07 Å². The minimum Gasteiger partial charge on any atom is -0.443 e. The number of ether oxygens (including phenoxy) is 1. The second kappa shape index (κ2) is 5.11. The summed E-state index contributed by atoms with van der Waals surface area (Å²) < 4.78 is 5.44. The number of nitrogens with one attached hydrogen (secondary N) is 1. The summed E-state index contributed by atoms with van der Waals surface area (Å²) in [6.45, 7) is 9.27. The molecule has 0 aromatic heterocycles. The normalized spacial score (nSPS) is 14.2. The van der Waals surface area contributed by atoms with Gasteiger partial charge in [0.2, 0.25) is 0 Å². The fourth-order valence-corrected chi connectivity index (χ4v) is 2.20. The highest BCUT2D eigenvalue weighted by atomic mass is 16.6. The molecule has 104 valence electrons. The van der Waals surface area contributed by atoms with Gasteiger partial charge in [-0.15, -0.1) is 0 Å². The summed E-state index contributed by atoms with van der Waals surface area (Å²) >= 11 is 0. The molecule has 1 aromatic carbocycles. The van der Waals surface area contributed by atoms with Crippen molar-refractivity contribution in [1.29, 1.82) is 0 Å². The molecule has 0 bridgehead atoms. The van der Waals surface area contributed by atoms with Crippen LogP contribution in [-0.4, -0.2) is 24.8 Å².